The summed E-state index contributed by atoms with van der Waals surface area (Å²) in [5, 5.41) is 0.689. The Morgan fingerprint density at radius 1 is 1.12 bits per heavy atom. The molecule has 1 saturated carbocycles. The van der Waals surface area contributed by atoms with Gasteiger partial charge >= 0.3 is 0 Å². The third kappa shape index (κ3) is 3.58. The Morgan fingerprint density at radius 2 is 1.88 bits per heavy atom. The van der Waals surface area contributed by atoms with Gasteiger partial charge in [-0.15, -0.1) is 0 Å². The second-order valence-electron chi connectivity index (χ2n) is 7.13. The number of benzene rings is 2. The maximum absolute atomic E-state index is 12.6. The highest BCUT2D eigenvalue weighted by atomic mass is 35.5. The molecule has 2 aliphatic rings. The van der Waals surface area contributed by atoms with Gasteiger partial charge < -0.3 is 9.64 Å². The monoisotopic (exact) mass is 355 g/mol. The maximum atomic E-state index is 12.6. The molecule has 2 fully saturated rings. The van der Waals surface area contributed by atoms with Gasteiger partial charge in [0.15, 0.2) is 0 Å². The number of morpholine rings is 1. The second kappa shape index (κ2) is 6.81. The maximum Gasteiger partial charge on any atom is 0.249 e. The molecule has 1 aliphatic heterocycles. The lowest BCUT2D eigenvalue weighted by Gasteiger charge is -2.42. The van der Waals surface area contributed by atoms with Crippen LogP contribution in [0.25, 0.3) is 0 Å². The van der Waals surface area contributed by atoms with Crippen LogP contribution in [0, 0.1) is 12.8 Å². The minimum Gasteiger partial charge on any atom is -0.361 e. The SMILES string of the molecule is Cc1ccc(C2C(c3cccc(Cl)c3)OCC(=O)N2CC2CC2)cc1. The number of hydrogen-bond acceptors (Lipinski definition) is 2. The predicted molar refractivity (Wildman–Crippen MR) is 98.5 cm³/mol. The molecule has 2 atom stereocenters. The summed E-state index contributed by atoms with van der Waals surface area (Å²) in [7, 11) is 0. The van der Waals surface area contributed by atoms with Gasteiger partial charge in [0.2, 0.25) is 5.91 Å². The smallest absolute Gasteiger partial charge is 0.249 e. The molecule has 2 aromatic rings. The number of aryl methyl sites for hydroxylation is 1. The van der Waals surface area contributed by atoms with Crippen molar-refractivity contribution in [2.45, 2.75) is 31.9 Å². The summed E-state index contributed by atoms with van der Waals surface area (Å²) < 4.78 is 6.01. The van der Waals surface area contributed by atoms with Crippen LogP contribution in [0.15, 0.2) is 48.5 Å². The van der Waals surface area contributed by atoms with Gasteiger partial charge in [-0.3, -0.25) is 4.79 Å². The molecule has 1 saturated heterocycles. The molecule has 1 amide bonds. The molecule has 4 heteroatoms. The number of amides is 1. The Labute approximate surface area is 153 Å². The molecule has 0 bridgehead atoms. The first-order valence-corrected chi connectivity index (χ1v) is 9.23. The van der Waals surface area contributed by atoms with Gasteiger partial charge in [0, 0.05) is 11.6 Å². The molecule has 25 heavy (non-hydrogen) atoms. The summed E-state index contributed by atoms with van der Waals surface area (Å²) >= 11 is 6.20. The van der Waals surface area contributed by atoms with E-state index >= 15 is 0 Å². The molecule has 130 valence electrons. The van der Waals surface area contributed by atoms with Crippen LogP contribution in [0.3, 0.4) is 0 Å². The van der Waals surface area contributed by atoms with E-state index in [0.717, 1.165) is 17.7 Å². The molecule has 3 nitrogen and oxygen atoms in total. The number of rotatable bonds is 4. The number of halogens is 1. The van der Waals surface area contributed by atoms with Crippen LogP contribution in [0.1, 0.15) is 41.7 Å². The van der Waals surface area contributed by atoms with E-state index in [4.69, 9.17) is 16.3 Å². The van der Waals surface area contributed by atoms with Crippen molar-refractivity contribution in [3.05, 3.63) is 70.2 Å². The molecular formula is C21H22ClNO2. The standard InChI is InChI=1S/C21H22ClNO2/c1-14-5-9-16(10-6-14)20-21(17-3-2-4-18(22)11-17)25-13-19(24)23(20)12-15-7-8-15/h2-6,9-11,15,20-21H,7-8,12-13H2,1H3. The lowest BCUT2D eigenvalue weighted by Crippen LogP contribution is -2.46. The summed E-state index contributed by atoms with van der Waals surface area (Å²) in [5.74, 6) is 0.714. The average Bonchev–Trinajstić information content (AvgIpc) is 3.42. The van der Waals surface area contributed by atoms with Crippen molar-refractivity contribution in [3.8, 4) is 0 Å². The van der Waals surface area contributed by atoms with E-state index in [-0.39, 0.29) is 24.7 Å². The normalized spacial score (nSPS) is 23.8. The van der Waals surface area contributed by atoms with Crippen LogP contribution in [-0.2, 0) is 9.53 Å². The van der Waals surface area contributed by atoms with E-state index < -0.39 is 0 Å². The lowest BCUT2D eigenvalue weighted by atomic mass is 9.92. The molecule has 1 aliphatic carbocycles. The Hall–Kier alpha value is -1.84. The van der Waals surface area contributed by atoms with E-state index in [1.54, 1.807) is 0 Å². The van der Waals surface area contributed by atoms with E-state index in [9.17, 15) is 4.79 Å². The second-order valence-corrected chi connectivity index (χ2v) is 7.57. The fraction of sp³-hybridized carbons (Fsp3) is 0.381. The number of ether oxygens (including phenoxy) is 1. The Balaban J connectivity index is 1.74. The van der Waals surface area contributed by atoms with Gasteiger partial charge in [0.1, 0.15) is 12.7 Å². The van der Waals surface area contributed by atoms with Gasteiger partial charge in [-0.25, -0.2) is 0 Å². The summed E-state index contributed by atoms with van der Waals surface area (Å²) in [6.07, 6.45) is 2.23. The van der Waals surface area contributed by atoms with Crippen LogP contribution >= 0.6 is 11.6 Å². The van der Waals surface area contributed by atoms with Gasteiger partial charge in [-0.2, -0.15) is 0 Å². The van der Waals surface area contributed by atoms with Crippen molar-refractivity contribution in [2.24, 2.45) is 5.92 Å². The summed E-state index contributed by atoms with van der Waals surface area (Å²) in [6.45, 7) is 3.02. The van der Waals surface area contributed by atoms with Crippen LogP contribution in [0.2, 0.25) is 5.02 Å². The molecule has 2 unspecified atom stereocenters. The first kappa shape index (κ1) is 16.6. The Morgan fingerprint density at radius 3 is 2.56 bits per heavy atom. The zero-order valence-electron chi connectivity index (χ0n) is 14.3. The van der Waals surface area contributed by atoms with Crippen LogP contribution in [-0.4, -0.2) is 24.0 Å². The summed E-state index contributed by atoms with van der Waals surface area (Å²) in [6, 6.07) is 16.1. The minimum atomic E-state index is -0.196. The highest BCUT2D eigenvalue weighted by molar-refractivity contribution is 6.30. The zero-order chi connectivity index (χ0) is 17.4. The Bertz CT molecular complexity index is 770. The van der Waals surface area contributed by atoms with Crippen molar-refractivity contribution in [3.63, 3.8) is 0 Å². The third-order valence-electron chi connectivity index (χ3n) is 5.08. The van der Waals surface area contributed by atoms with Crippen molar-refractivity contribution < 1.29 is 9.53 Å². The Kier molecular flexibility index (Phi) is 4.53. The summed E-state index contributed by atoms with van der Waals surface area (Å²) in [5.41, 5.74) is 3.34. The molecule has 2 aromatic carbocycles. The van der Waals surface area contributed by atoms with Crippen molar-refractivity contribution in [2.75, 3.05) is 13.2 Å². The van der Waals surface area contributed by atoms with Crippen molar-refractivity contribution in [1.29, 1.82) is 0 Å². The minimum absolute atomic E-state index is 0.0794. The molecule has 0 spiro atoms. The fourth-order valence-electron chi connectivity index (χ4n) is 3.53. The summed E-state index contributed by atoms with van der Waals surface area (Å²) in [4.78, 5) is 14.7. The molecule has 0 radical (unpaired) electrons. The van der Waals surface area contributed by atoms with Crippen LogP contribution in [0.4, 0.5) is 0 Å². The third-order valence-corrected chi connectivity index (χ3v) is 5.31. The van der Waals surface area contributed by atoms with E-state index in [0.29, 0.717) is 10.9 Å². The number of nitrogens with zero attached hydrogens (tertiary/aromatic N) is 1. The van der Waals surface area contributed by atoms with E-state index in [2.05, 4.69) is 31.2 Å². The topological polar surface area (TPSA) is 29.5 Å². The van der Waals surface area contributed by atoms with Gasteiger partial charge in [-0.05, 0) is 48.9 Å². The average molecular weight is 356 g/mol. The largest absolute Gasteiger partial charge is 0.361 e. The number of carbonyl (C=O) groups is 1. The van der Waals surface area contributed by atoms with Crippen LogP contribution < -0.4 is 0 Å². The van der Waals surface area contributed by atoms with Crippen LogP contribution in [0.5, 0.6) is 0 Å². The van der Waals surface area contributed by atoms with Crippen molar-refractivity contribution in [1.82, 2.24) is 4.90 Å². The number of carbonyl (C=O) groups excluding carboxylic acids is 1. The molecular weight excluding hydrogens is 334 g/mol. The van der Waals surface area contributed by atoms with Gasteiger partial charge in [0.05, 0.1) is 6.04 Å². The van der Waals surface area contributed by atoms with E-state index in [1.165, 1.54) is 18.4 Å². The van der Waals surface area contributed by atoms with Gasteiger partial charge in [0.25, 0.3) is 0 Å². The quantitative estimate of drug-likeness (QED) is 0.795. The zero-order valence-corrected chi connectivity index (χ0v) is 15.1. The highest BCUT2D eigenvalue weighted by Gasteiger charge is 2.41. The van der Waals surface area contributed by atoms with Crippen molar-refractivity contribution >= 4 is 17.5 Å². The molecule has 0 aromatic heterocycles. The predicted octanol–water partition coefficient (Wildman–Crippen LogP) is 4.70. The highest BCUT2D eigenvalue weighted by Crippen LogP contribution is 2.43. The van der Waals surface area contributed by atoms with Gasteiger partial charge in [-0.1, -0.05) is 53.6 Å². The van der Waals surface area contributed by atoms with E-state index in [1.807, 2.05) is 29.2 Å². The fourth-order valence-corrected chi connectivity index (χ4v) is 3.73. The molecule has 0 N–H and O–H groups in total. The first-order valence-electron chi connectivity index (χ1n) is 8.85. The lowest BCUT2D eigenvalue weighted by molar-refractivity contribution is -0.159. The molecule has 1 heterocycles. The molecule has 4 rings (SSSR count). The first-order chi connectivity index (χ1) is 12.1. The number of hydrogen-bond donors (Lipinski definition) is 0.